The molecular weight excluding hydrogens is 274 g/mol. The standard InChI is InChI=1S/C11H16ClN3O2S/c1-4-11(3,10(13)15-17)14-9(16)8-7(12)6(2)5-18-8/h5,17H,4H2,1-3H3,(H2,13,15)(H,14,16). The number of nitrogens with zero attached hydrogens (tertiary/aromatic N) is 1. The second-order valence-electron chi connectivity index (χ2n) is 4.19. The molecule has 0 fully saturated rings. The number of amides is 1. The monoisotopic (exact) mass is 289 g/mol. The first-order valence-corrected chi connectivity index (χ1v) is 6.65. The number of hydrogen-bond acceptors (Lipinski definition) is 4. The molecule has 1 atom stereocenters. The van der Waals surface area contributed by atoms with E-state index < -0.39 is 5.54 Å². The number of nitrogens with two attached hydrogens (primary N) is 1. The van der Waals surface area contributed by atoms with Gasteiger partial charge < -0.3 is 16.3 Å². The Hall–Kier alpha value is -1.27. The van der Waals surface area contributed by atoms with Crippen LogP contribution in [0.2, 0.25) is 5.02 Å². The highest BCUT2D eigenvalue weighted by molar-refractivity contribution is 7.13. The minimum atomic E-state index is -0.896. The molecule has 1 amide bonds. The van der Waals surface area contributed by atoms with Gasteiger partial charge in [-0.3, -0.25) is 4.79 Å². The molecule has 4 N–H and O–H groups in total. The van der Waals surface area contributed by atoms with E-state index in [4.69, 9.17) is 22.5 Å². The summed E-state index contributed by atoms with van der Waals surface area (Å²) in [5.74, 6) is -0.364. The van der Waals surface area contributed by atoms with Gasteiger partial charge in [-0.15, -0.1) is 11.3 Å². The predicted octanol–water partition coefficient (Wildman–Crippen LogP) is 2.35. The van der Waals surface area contributed by atoms with E-state index in [1.54, 1.807) is 6.92 Å². The molecule has 0 radical (unpaired) electrons. The summed E-state index contributed by atoms with van der Waals surface area (Å²) in [5, 5.41) is 16.7. The van der Waals surface area contributed by atoms with Crippen LogP contribution in [-0.2, 0) is 0 Å². The fraction of sp³-hybridized carbons (Fsp3) is 0.455. The lowest BCUT2D eigenvalue weighted by Gasteiger charge is -2.27. The highest BCUT2D eigenvalue weighted by atomic mass is 35.5. The van der Waals surface area contributed by atoms with Crippen molar-refractivity contribution in [1.29, 1.82) is 0 Å². The van der Waals surface area contributed by atoms with E-state index in [1.807, 2.05) is 19.2 Å². The van der Waals surface area contributed by atoms with Crippen molar-refractivity contribution in [3.8, 4) is 0 Å². The molecule has 0 aliphatic carbocycles. The number of aryl methyl sites for hydroxylation is 1. The first kappa shape index (κ1) is 14.8. The normalized spacial score (nSPS) is 15.2. The molecule has 1 aromatic heterocycles. The molecule has 1 heterocycles. The van der Waals surface area contributed by atoms with Crippen LogP contribution in [-0.4, -0.2) is 22.5 Å². The second kappa shape index (κ2) is 5.58. The van der Waals surface area contributed by atoms with Crippen LogP contribution >= 0.6 is 22.9 Å². The van der Waals surface area contributed by atoms with Crippen molar-refractivity contribution < 1.29 is 10.0 Å². The second-order valence-corrected chi connectivity index (χ2v) is 5.44. The molecule has 100 valence electrons. The fourth-order valence-corrected chi connectivity index (χ4v) is 2.51. The van der Waals surface area contributed by atoms with Gasteiger partial charge in [0.2, 0.25) is 0 Å². The Kier molecular flexibility index (Phi) is 4.59. The zero-order valence-corrected chi connectivity index (χ0v) is 12.0. The Labute approximate surface area is 115 Å². The van der Waals surface area contributed by atoms with E-state index >= 15 is 0 Å². The maximum atomic E-state index is 12.1. The number of nitrogens with one attached hydrogen (secondary N) is 1. The molecule has 0 saturated heterocycles. The molecule has 18 heavy (non-hydrogen) atoms. The SMILES string of the molecule is CCC(C)(NC(=O)c1scc(C)c1Cl)/C(N)=N/O. The third-order valence-electron chi connectivity index (χ3n) is 2.87. The van der Waals surface area contributed by atoms with Gasteiger partial charge in [0, 0.05) is 0 Å². The number of halogens is 1. The Morgan fingerprint density at radius 2 is 2.33 bits per heavy atom. The van der Waals surface area contributed by atoms with Crippen LogP contribution in [0.15, 0.2) is 10.5 Å². The molecule has 0 aliphatic heterocycles. The number of rotatable bonds is 4. The number of carbonyl (C=O) groups is 1. The summed E-state index contributed by atoms with van der Waals surface area (Å²) in [6.07, 6.45) is 0.497. The highest BCUT2D eigenvalue weighted by Gasteiger charge is 2.31. The zero-order chi connectivity index (χ0) is 13.9. The summed E-state index contributed by atoms with van der Waals surface area (Å²) in [7, 11) is 0. The van der Waals surface area contributed by atoms with Crippen molar-refractivity contribution in [3.63, 3.8) is 0 Å². The number of thiophene rings is 1. The molecule has 0 aliphatic rings. The number of amidine groups is 1. The molecular formula is C11H16ClN3O2S. The summed E-state index contributed by atoms with van der Waals surface area (Å²) in [5.41, 5.74) is 5.55. The van der Waals surface area contributed by atoms with E-state index in [0.717, 1.165) is 5.56 Å². The van der Waals surface area contributed by atoms with Gasteiger partial charge in [0.25, 0.3) is 5.91 Å². The quantitative estimate of drug-likeness (QED) is 0.344. The third-order valence-corrected chi connectivity index (χ3v) is 4.57. The molecule has 0 spiro atoms. The van der Waals surface area contributed by atoms with Gasteiger partial charge in [-0.05, 0) is 31.2 Å². The Balaban J connectivity index is 2.97. The van der Waals surface area contributed by atoms with Crippen LogP contribution in [0.4, 0.5) is 0 Å². The first-order valence-electron chi connectivity index (χ1n) is 5.39. The van der Waals surface area contributed by atoms with E-state index in [2.05, 4.69) is 10.5 Å². The summed E-state index contributed by atoms with van der Waals surface area (Å²) < 4.78 is 0. The van der Waals surface area contributed by atoms with Crippen LogP contribution in [0.5, 0.6) is 0 Å². The lowest BCUT2D eigenvalue weighted by molar-refractivity contribution is 0.0929. The Morgan fingerprint density at radius 3 is 2.72 bits per heavy atom. The van der Waals surface area contributed by atoms with Gasteiger partial charge in [-0.25, -0.2) is 0 Å². The van der Waals surface area contributed by atoms with E-state index in [1.165, 1.54) is 11.3 Å². The average Bonchev–Trinajstić information content (AvgIpc) is 2.68. The maximum Gasteiger partial charge on any atom is 0.263 e. The van der Waals surface area contributed by atoms with Crippen molar-refractivity contribution >= 4 is 34.7 Å². The van der Waals surface area contributed by atoms with Gasteiger partial charge in [0.05, 0.1) is 10.6 Å². The van der Waals surface area contributed by atoms with Crippen LogP contribution in [0.3, 0.4) is 0 Å². The minimum absolute atomic E-state index is 0.0391. The van der Waals surface area contributed by atoms with Gasteiger partial charge in [-0.1, -0.05) is 23.7 Å². The zero-order valence-electron chi connectivity index (χ0n) is 10.5. The van der Waals surface area contributed by atoms with Crippen molar-refractivity contribution in [2.75, 3.05) is 0 Å². The molecule has 0 saturated carbocycles. The van der Waals surface area contributed by atoms with Crippen molar-refractivity contribution in [2.45, 2.75) is 32.7 Å². The van der Waals surface area contributed by atoms with Crippen molar-refractivity contribution in [1.82, 2.24) is 5.32 Å². The highest BCUT2D eigenvalue weighted by Crippen LogP contribution is 2.27. The maximum absolute atomic E-state index is 12.1. The Morgan fingerprint density at radius 1 is 1.72 bits per heavy atom. The first-order chi connectivity index (χ1) is 8.35. The summed E-state index contributed by atoms with van der Waals surface area (Å²) in [6.45, 7) is 5.35. The molecule has 0 bridgehead atoms. The molecule has 1 unspecified atom stereocenters. The summed E-state index contributed by atoms with van der Waals surface area (Å²) in [6, 6.07) is 0. The van der Waals surface area contributed by atoms with Gasteiger partial charge in [0.1, 0.15) is 4.88 Å². The van der Waals surface area contributed by atoms with Gasteiger partial charge in [-0.2, -0.15) is 0 Å². The number of carbonyl (C=O) groups excluding carboxylic acids is 1. The smallest absolute Gasteiger partial charge is 0.263 e. The van der Waals surface area contributed by atoms with Gasteiger partial charge >= 0.3 is 0 Å². The molecule has 7 heteroatoms. The van der Waals surface area contributed by atoms with Crippen LogP contribution in [0, 0.1) is 6.92 Å². The predicted molar refractivity (Wildman–Crippen MR) is 73.6 cm³/mol. The van der Waals surface area contributed by atoms with Crippen LogP contribution < -0.4 is 11.1 Å². The number of hydrogen-bond donors (Lipinski definition) is 3. The molecule has 0 aromatic carbocycles. The topological polar surface area (TPSA) is 87.7 Å². The molecule has 5 nitrogen and oxygen atoms in total. The van der Waals surface area contributed by atoms with E-state index in [9.17, 15) is 4.79 Å². The largest absolute Gasteiger partial charge is 0.409 e. The summed E-state index contributed by atoms with van der Waals surface area (Å²) in [4.78, 5) is 12.5. The fourth-order valence-electron chi connectivity index (χ4n) is 1.33. The lowest BCUT2D eigenvalue weighted by Crippen LogP contribution is -2.54. The third kappa shape index (κ3) is 2.76. The number of oxime groups is 1. The van der Waals surface area contributed by atoms with E-state index in [-0.39, 0.29) is 11.7 Å². The minimum Gasteiger partial charge on any atom is -0.409 e. The average molecular weight is 290 g/mol. The van der Waals surface area contributed by atoms with Crippen molar-refractivity contribution in [2.24, 2.45) is 10.9 Å². The molecule has 1 rings (SSSR count). The van der Waals surface area contributed by atoms with Crippen molar-refractivity contribution in [3.05, 3.63) is 20.8 Å². The van der Waals surface area contributed by atoms with Crippen LogP contribution in [0.25, 0.3) is 0 Å². The molecule has 1 aromatic rings. The Bertz CT molecular complexity index is 487. The summed E-state index contributed by atoms with van der Waals surface area (Å²) >= 11 is 7.30. The van der Waals surface area contributed by atoms with Crippen LogP contribution in [0.1, 0.15) is 35.5 Å². The lowest BCUT2D eigenvalue weighted by atomic mass is 9.97. The van der Waals surface area contributed by atoms with Gasteiger partial charge in [0.15, 0.2) is 5.84 Å². The van der Waals surface area contributed by atoms with E-state index in [0.29, 0.717) is 16.3 Å².